The van der Waals surface area contributed by atoms with Crippen LogP contribution in [0.1, 0.15) is 18.5 Å². The molecule has 11 heavy (non-hydrogen) atoms. The van der Waals surface area contributed by atoms with Crippen molar-refractivity contribution >= 4 is 13.5 Å². The Morgan fingerprint density at radius 1 is 1.45 bits per heavy atom. The lowest BCUT2D eigenvalue weighted by molar-refractivity contribution is 0.474. The molecule has 1 rings (SSSR count). The van der Waals surface area contributed by atoms with Gasteiger partial charge in [0.15, 0.2) is 0 Å². The molecule has 0 aliphatic carbocycles. The van der Waals surface area contributed by atoms with Gasteiger partial charge >= 0.3 is 0 Å². The van der Waals surface area contributed by atoms with E-state index in [0.29, 0.717) is 0 Å². The van der Waals surface area contributed by atoms with Gasteiger partial charge in [-0.05, 0) is 24.6 Å². The van der Waals surface area contributed by atoms with Gasteiger partial charge in [0.25, 0.3) is 0 Å². The highest BCUT2D eigenvalue weighted by Gasteiger charge is 1.97. The van der Waals surface area contributed by atoms with Crippen LogP contribution in [-0.4, -0.2) is 5.11 Å². The minimum Gasteiger partial charge on any atom is -0.508 e. The lowest BCUT2D eigenvalue weighted by Gasteiger charge is -2.03. The van der Waals surface area contributed by atoms with Crippen molar-refractivity contribution in [1.29, 1.82) is 0 Å². The van der Waals surface area contributed by atoms with Gasteiger partial charge in [-0.15, -0.1) is 0 Å². The number of phenolic OH excluding ortho intramolecular Hbond substituents is 1. The lowest BCUT2D eigenvalue weighted by atomic mass is 10.1. The maximum Gasteiger partial charge on any atom is 0.115 e. The van der Waals surface area contributed by atoms with Gasteiger partial charge in [-0.2, -0.15) is 13.5 Å². The predicted octanol–water partition coefficient (Wildman–Crippen LogP) is 1.52. The van der Waals surface area contributed by atoms with Gasteiger partial charge in [0.05, 0.1) is 0 Å². The third-order valence-electron chi connectivity index (χ3n) is 1.40. The Kier molecular flexibility index (Phi) is 4.00. The molecule has 0 saturated carbocycles. The molecule has 0 unspecified atom stereocenters. The van der Waals surface area contributed by atoms with E-state index >= 15 is 0 Å². The number of hydrogen-bond donors (Lipinski definition) is 2. The van der Waals surface area contributed by atoms with Gasteiger partial charge in [0.1, 0.15) is 5.75 Å². The Bertz CT molecular complexity index is 225. The molecule has 1 aromatic carbocycles. The number of aromatic hydroxyl groups is 1. The maximum absolute atomic E-state index is 9.01. The van der Waals surface area contributed by atoms with Crippen molar-refractivity contribution in [2.45, 2.75) is 13.0 Å². The number of nitrogens with two attached hydrogens (primary N) is 1. The average Bonchev–Trinajstić information content (AvgIpc) is 1.88. The van der Waals surface area contributed by atoms with Gasteiger partial charge < -0.3 is 10.8 Å². The summed E-state index contributed by atoms with van der Waals surface area (Å²) in [6.07, 6.45) is 0. The first-order chi connectivity index (χ1) is 4.70. The summed E-state index contributed by atoms with van der Waals surface area (Å²) in [7, 11) is 0. The van der Waals surface area contributed by atoms with Gasteiger partial charge in [-0.25, -0.2) is 0 Å². The lowest BCUT2D eigenvalue weighted by Crippen LogP contribution is -2.03. The van der Waals surface area contributed by atoms with E-state index in [-0.39, 0.29) is 25.3 Å². The van der Waals surface area contributed by atoms with Crippen molar-refractivity contribution in [3.63, 3.8) is 0 Å². The van der Waals surface area contributed by atoms with E-state index < -0.39 is 0 Å². The zero-order valence-electron chi connectivity index (χ0n) is 6.41. The zero-order valence-corrected chi connectivity index (χ0v) is 7.41. The van der Waals surface area contributed by atoms with Crippen LogP contribution in [-0.2, 0) is 0 Å². The molecule has 2 nitrogen and oxygen atoms in total. The Hall–Kier alpha value is -0.670. The molecule has 0 spiro atoms. The highest BCUT2D eigenvalue weighted by atomic mass is 32.1. The summed E-state index contributed by atoms with van der Waals surface area (Å²) < 4.78 is 0. The quantitative estimate of drug-likeness (QED) is 0.673. The highest BCUT2D eigenvalue weighted by molar-refractivity contribution is 7.59. The molecular weight excluding hydrogens is 158 g/mol. The molecule has 0 amide bonds. The van der Waals surface area contributed by atoms with Crippen LogP contribution in [0.5, 0.6) is 5.75 Å². The molecule has 62 valence electrons. The Morgan fingerprint density at radius 3 is 2.45 bits per heavy atom. The summed E-state index contributed by atoms with van der Waals surface area (Å²) >= 11 is 0. The van der Waals surface area contributed by atoms with E-state index in [4.69, 9.17) is 10.8 Å². The van der Waals surface area contributed by atoms with E-state index in [1.807, 2.05) is 13.0 Å². The number of hydrogen-bond acceptors (Lipinski definition) is 2. The summed E-state index contributed by atoms with van der Waals surface area (Å²) in [5.41, 5.74) is 6.53. The van der Waals surface area contributed by atoms with Crippen molar-refractivity contribution < 1.29 is 5.11 Å². The monoisotopic (exact) mass is 171 g/mol. The summed E-state index contributed by atoms with van der Waals surface area (Å²) in [5.74, 6) is 0.273. The van der Waals surface area contributed by atoms with E-state index in [2.05, 4.69) is 0 Å². The normalized spacial score (nSPS) is 11.8. The second kappa shape index (κ2) is 4.26. The van der Waals surface area contributed by atoms with E-state index in [0.717, 1.165) is 5.56 Å². The number of phenols is 1. The van der Waals surface area contributed by atoms with Crippen LogP contribution >= 0.6 is 13.5 Å². The molecule has 0 radical (unpaired) electrons. The second-order valence-corrected chi connectivity index (χ2v) is 2.38. The fourth-order valence-corrected chi connectivity index (χ4v) is 0.808. The zero-order chi connectivity index (χ0) is 7.56. The SMILES string of the molecule is C[C@H](N)c1cccc(O)c1.S. The fourth-order valence-electron chi connectivity index (χ4n) is 0.808. The summed E-state index contributed by atoms with van der Waals surface area (Å²) in [6.45, 7) is 1.88. The fraction of sp³-hybridized carbons (Fsp3) is 0.250. The van der Waals surface area contributed by atoms with E-state index in [1.54, 1.807) is 18.2 Å². The van der Waals surface area contributed by atoms with Gasteiger partial charge in [-0.3, -0.25) is 0 Å². The third kappa shape index (κ3) is 2.82. The Morgan fingerprint density at radius 2 is 2.09 bits per heavy atom. The van der Waals surface area contributed by atoms with Crippen LogP contribution in [0.3, 0.4) is 0 Å². The minimum atomic E-state index is -0.00731. The molecule has 0 aromatic heterocycles. The van der Waals surface area contributed by atoms with Gasteiger partial charge in [0, 0.05) is 6.04 Å². The highest BCUT2D eigenvalue weighted by Crippen LogP contribution is 2.15. The van der Waals surface area contributed by atoms with Crippen molar-refractivity contribution in [3.8, 4) is 5.75 Å². The van der Waals surface area contributed by atoms with Crippen LogP contribution in [0.15, 0.2) is 24.3 Å². The second-order valence-electron chi connectivity index (χ2n) is 2.38. The molecule has 0 fully saturated rings. The molecular formula is C8H13NOS. The van der Waals surface area contributed by atoms with Crippen LogP contribution in [0.25, 0.3) is 0 Å². The largest absolute Gasteiger partial charge is 0.508 e. The summed E-state index contributed by atoms with van der Waals surface area (Å²) in [6, 6.07) is 6.97. The summed E-state index contributed by atoms with van der Waals surface area (Å²) in [4.78, 5) is 0. The molecule has 3 heteroatoms. The molecule has 0 aliphatic rings. The molecule has 0 saturated heterocycles. The van der Waals surface area contributed by atoms with Crippen molar-refractivity contribution in [1.82, 2.24) is 0 Å². The first kappa shape index (κ1) is 10.3. The van der Waals surface area contributed by atoms with Crippen molar-refractivity contribution in [2.75, 3.05) is 0 Å². The molecule has 3 N–H and O–H groups in total. The Labute approximate surface area is 73.5 Å². The first-order valence-electron chi connectivity index (χ1n) is 3.24. The maximum atomic E-state index is 9.01. The van der Waals surface area contributed by atoms with Gasteiger partial charge in [0.2, 0.25) is 0 Å². The molecule has 0 aliphatic heterocycles. The Balaban J connectivity index is 0.000001000. The molecule has 1 atom stereocenters. The molecule has 0 heterocycles. The van der Waals surface area contributed by atoms with E-state index in [1.165, 1.54) is 0 Å². The third-order valence-corrected chi connectivity index (χ3v) is 1.40. The summed E-state index contributed by atoms with van der Waals surface area (Å²) in [5, 5.41) is 9.01. The molecule has 1 aromatic rings. The first-order valence-corrected chi connectivity index (χ1v) is 3.24. The minimum absolute atomic E-state index is 0. The number of benzene rings is 1. The van der Waals surface area contributed by atoms with E-state index in [9.17, 15) is 0 Å². The van der Waals surface area contributed by atoms with Crippen LogP contribution in [0, 0.1) is 0 Å². The molecule has 0 bridgehead atoms. The van der Waals surface area contributed by atoms with Crippen LogP contribution < -0.4 is 5.73 Å². The predicted molar refractivity (Wildman–Crippen MR) is 51.1 cm³/mol. The van der Waals surface area contributed by atoms with Crippen molar-refractivity contribution in [3.05, 3.63) is 29.8 Å². The van der Waals surface area contributed by atoms with Gasteiger partial charge in [-0.1, -0.05) is 12.1 Å². The van der Waals surface area contributed by atoms with Crippen molar-refractivity contribution in [2.24, 2.45) is 5.73 Å². The topological polar surface area (TPSA) is 46.2 Å². The van der Waals surface area contributed by atoms with Crippen LogP contribution in [0.2, 0.25) is 0 Å². The average molecular weight is 171 g/mol. The number of rotatable bonds is 1. The van der Waals surface area contributed by atoms with Crippen LogP contribution in [0.4, 0.5) is 0 Å². The standard InChI is InChI=1S/C8H11NO.H2S/c1-6(9)7-3-2-4-8(10)5-7;/h2-6,10H,9H2,1H3;1H2/t6-;/m0./s1. The smallest absolute Gasteiger partial charge is 0.115 e.